The number of phenols is 4. The lowest BCUT2D eigenvalue weighted by Gasteiger charge is -2.43. The van der Waals surface area contributed by atoms with Crippen LogP contribution < -0.4 is 0 Å². The molecule has 0 spiro atoms. The van der Waals surface area contributed by atoms with Crippen LogP contribution in [0.2, 0.25) is 0 Å². The predicted molar refractivity (Wildman–Crippen MR) is 301 cm³/mol. The molecule has 412 valence electrons. The fraction of sp³-hybridized carbons (Fsp3) is 0.516. The number of carbonyl (C=O) groups excluding carboxylic acids is 2. The lowest BCUT2D eigenvalue weighted by atomic mass is 9.74. The number of hydrogen-bond donors (Lipinski definition) is 7. The summed E-state index contributed by atoms with van der Waals surface area (Å²) in [6, 6.07) is 6.66. The van der Waals surface area contributed by atoms with Gasteiger partial charge in [-0.1, -0.05) is 107 Å². The number of aromatic hydroxyl groups is 4. The molecule has 13 heteroatoms. The van der Waals surface area contributed by atoms with Crippen molar-refractivity contribution < 1.29 is 59.3 Å². The van der Waals surface area contributed by atoms with E-state index in [4.69, 9.17) is 22.1 Å². The Bertz CT molecular complexity index is 2850. The Kier molecular flexibility index (Phi) is 19.5. The maximum absolute atomic E-state index is 14.9. The van der Waals surface area contributed by atoms with E-state index in [0.29, 0.717) is 55.6 Å². The first-order valence-electron chi connectivity index (χ1n) is 25.5. The molecule has 4 rings (SSSR count). The number of hydrogen-bond acceptors (Lipinski definition) is 11. The Balaban J connectivity index is 0.00000732. The number of aliphatic carboxylic acids is 2. The minimum Gasteiger partial charge on any atom is -0.507 e. The highest BCUT2D eigenvalue weighted by Crippen LogP contribution is 2.51. The van der Waals surface area contributed by atoms with Crippen LogP contribution in [-0.4, -0.2) is 65.6 Å². The van der Waals surface area contributed by atoms with Crippen LogP contribution in [0.25, 0.3) is 0 Å². The molecular weight excluding hydrogens is 969 g/mol. The zero-order valence-corrected chi connectivity index (χ0v) is 49.3. The van der Waals surface area contributed by atoms with Crippen LogP contribution in [0, 0.1) is 55.4 Å². The van der Waals surface area contributed by atoms with Crippen LogP contribution in [0.5, 0.6) is 23.0 Å². The van der Waals surface area contributed by atoms with Crippen LogP contribution in [-0.2, 0) is 63.2 Å². The van der Waals surface area contributed by atoms with Crippen molar-refractivity contribution in [3.05, 3.63) is 126 Å². The van der Waals surface area contributed by atoms with Gasteiger partial charge in [-0.05, 0) is 179 Å². The number of phenolic OH excluding ortho intramolecular Hbond substituents is 4. The van der Waals surface area contributed by atoms with Crippen molar-refractivity contribution in [1.82, 2.24) is 0 Å². The molecule has 0 saturated carbocycles. The molecule has 4 aromatic rings. The van der Waals surface area contributed by atoms with Crippen LogP contribution in [0.4, 0.5) is 0 Å². The number of carboxylic acids is 2. The van der Waals surface area contributed by atoms with E-state index in [2.05, 4.69) is 13.2 Å². The maximum atomic E-state index is 14.9. The van der Waals surface area contributed by atoms with E-state index in [1.165, 1.54) is 12.1 Å². The van der Waals surface area contributed by atoms with Gasteiger partial charge < -0.3 is 40.1 Å². The van der Waals surface area contributed by atoms with Gasteiger partial charge >= 0.3 is 23.9 Å². The first kappa shape index (κ1) is 63.3. The highest BCUT2D eigenvalue weighted by atomic mass is 32.1. The Morgan fingerprint density at radius 1 is 0.480 bits per heavy atom. The van der Waals surface area contributed by atoms with Crippen molar-refractivity contribution in [3.63, 3.8) is 0 Å². The van der Waals surface area contributed by atoms with Gasteiger partial charge in [-0.2, -0.15) is 0 Å². The quantitative estimate of drug-likeness (QED) is 0.0257. The molecule has 0 fully saturated rings. The van der Waals surface area contributed by atoms with Gasteiger partial charge in [0, 0.05) is 12.8 Å². The fourth-order valence-electron chi connectivity index (χ4n) is 9.77. The van der Waals surface area contributed by atoms with E-state index in [0.717, 1.165) is 16.7 Å². The molecule has 0 aliphatic heterocycles. The van der Waals surface area contributed by atoms with E-state index < -0.39 is 68.4 Å². The fourth-order valence-corrected chi connectivity index (χ4v) is 10.3. The molecule has 4 unspecified atom stereocenters. The standard InChI is InChI=1S/C60H82O12S.C2H4/c1-29-33(5)49(63)41(56(9,10)11)25-37(29)21-23-45(61)71-53(47(54(67)68)39-27-43(58(15,16)17)51(65)35(7)31(39)3)60(73,48(55(69)70)40-28-44(59(18,19)20)52(66)36(8)32(40)4)72-46(62)24-22-38-26-42(57(12,13)14)50(64)34(6)30(38)2;1-2/h25-28,47-48,53,63-66,73H,21-24H2,1-20H3,(H,67,68)(H,69,70);1-2H2. The van der Waals surface area contributed by atoms with E-state index >= 15 is 0 Å². The molecule has 0 bridgehead atoms. The number of aryl methyl sites for hydroxylation is 2. The number of carboxylic acid groups (broad SMARTS) is 2. The van der Waals surface area contributed by atoms with Gasteiger partial charge in [0.2, 0.25) is 4.93 Å². The summed E-state index contributed by atoms with van der Waals surface area (Å²) < 4.78 is 12.9. The summed E-state index contributed by atoms with van der Waals surface area (Å²) in [5.41, 5.74) is 5.00. The molecule has 0 aliphatic carbocycles. The van der Waals surface area contributed by atoms with E-state index in [-0.39, 0.29) is 65.4 Å². The normalized spacial score (nSPS) is 14.2. The summed E-state index contributed by atoms with van der Waals surface area (Å²) in [4.78, 5) is 55.6. The minimum atomic E-state index is -2.83. The van der Waals surface area contributed by atoms with Gasteiger partial charge in [0.1, 0.15) is 34.8 Å². The van der Waals surface area contributed by atoms with Gasteiger partial charge in [0.15, 0.2) is 6.10 Å². The third-order valence-electron chi connectivity index (χ3n) is 15.0. The van der Waals surface area contributed by atoms with Crippen molar-refractivity contribution in [2.75, 3.05) is 0 Å². The highest BCUT2D eigenvalue weighted by molar-refractivity contribution is 7.81. The number of ether oxygens (including phenoxy) is 2. The first-order chi connectivity index (χ1) is 34.1. The van der Waals surface area contributed by atoms with Crippen LogP contribution in [0.3, 0.4) is 0 Å². The highest BCUT2D eigenvalue weighted by Gasteiger charge is 2.58. The molecule has 0 amide bonds. The maximum Gasteiger partial charge on any atom is 0.316 e. The molecule has 4 atom stereocenters. The monoisotopic (exact) mass is 1050 g/mol. The second-order valence-corrected chi connectivity index (χ2v) is 25.0. The molecule has 6 N–H and O–H groups in total. The number of thiol groups is 1. The summed E-state index contributed by atoms with van der Waals surface area (Å²) in [7, 11) is 0. The van der Waals surface area contributed by atoms with Crippen LogP contribution in [0.15, 0.2) is 37.4 Å². The van der Waals surface area contributed by atoms with Crippen molar-refractivity contribution in [3.8, 4) is 23.0 Å². The average molecular weight is 1060 g/mol. The molecule has 4 aromatic carbocycles. The molecular formula is C62H86O12S. The summed E-state index contributed by atoms with van der Waals surface area (Å²) in [5, 5.41) is 68.7. The number of esters is 2. The second-order valence-electron chi connectivity index (χ2n) is 24.3. The third-order valence-corrected chi connectivity index (χ3v) is 15.6. The van der Waals surface area contributed by atoms with Crippen LogP contribution >= 0.6 is 12.6 Å². The molecule has 12 nitrogen and oxygen atoms in total. The molecule has 0 radical (unpaired) electrons. The van der Waals surface area contributed by atoms with Crippen molar-refractivity contribution >= 4 is 36.5 Å². The number of carbonyl (C=O) groups is 4. The Hall–Kier alpha value is -5.95. The SMILES string of the molecule is C=C.Cc1c(CCC(=O)OC(C(C(=O)O)c2cc(C(C)(C)C)c(O)c(C)c2C)C(S)(OC(=O)CCc2cc(C(C)(C)C)c(O)c(C)c2C)C(C(=O)O)c2cc(C(C)(C)C)c(O)c(C)c2C)cc(C(C)(C)C)c(O)c1C. The van der Waals surface area contributed by atoms with Gasteiger partial charge in [0.05, 0.1) is 0 Å². The van der Waals surface area contributed by atoms with Crippen molar-refractivity contribution in [2.45, 2.75) is 209 Å². The molecule has 0 saturated heterocycles. The Morgan fingerprint density at radius 2 is 0.787 bits per heavy atom. The molecule has 0 aromatic heterocycles. The number of rotatable bonds is 15. The molecule has 75 heavy (non-hydrogen) atoms. The number of benzene rings is 4. The summed E-state index contributed by atoms with van der Waals surface area (Å²) >= 11 is 5.11. The van der Waals surface area contributed by atoms with Crippen molar-refractivity contribution in [2.24, 2.45) is 0 Å². The topological polar surface area (TPSA) is 208 Å². The first-order valence-corrected chi connectivity index (χ1v) is 26.0. The summed E-state index contributed by atoms with van der Waals surface area (Å²) in [5.74, 6) is -9.03. The largest absolute Gasteiger partial charge is 0.507 e. The lowest BCUT2D eigenvalue weighted by molar-refractivity contribution is -0.184. The average Bonchev–Trinajstić information content (AvgIpc) is 3.27. The van der Waals surface area contributed by atoms with Gasteiger partial charge in [-0.25, -0.2) is 0 Å². The second kappa shape index (κ2) is 23.1. The zero-order valence-electron chi connectivity index (χ0n) is 48.4. The lowest BCUT2D eigenvalue weighted by Crippen LogP contribution is -2.55. The molecule has 0 aliphatic rings. The van der Waals surface area contributed by atoms with E-state index in [9.17, 15) is 49.8 Å². The smallest absolute Gasteiger partial charge is 0.316 e. The van der Waals surface area contributed by atoms with Crippen molar-refractivity contribution in [1.29, 1.82) is 0 Å². The Labute approximate surface area is 452 Å². The summed E-state index contributed by atoms with van der Waals surface area (Å²) in [6.45, 7) is 42.4. The van der Waals surface area contributed by atoms with Gasteiger partial charge in [0.25, 0.3) is 0 Å². The predicted octanol–water partition coefficient (Wildman–Crippen LogP) is 13.4. The summed E-state index contributed by atoms with van der Waals surface area (Å²) in [6.07, 6.45) is -2.79. The Morgan fingerprint density at radius 3 is 1.12 bits per heavy atom. The molecule has 0 heterocycles. The van der Waals surface area contributed by atoms with Crippen LogP contribution in [0.1, 0.15) is 197 Å². The third kappa shape index (κ3) is 13.4. The van der Waals surface area contributed by atoms with E-state index in [1.54, 1.807) is 41.5 Å². The van der Waals surface area contributed by atoms with E-state index in [1.807, 2.05) is 109 Å². The van der Waals surface area contributed by atoms with Gasteiger partial charge in [-0.3, -0.25) is 19.2 Å². The van der Waals surface area contributed by atoms with Gasteiger partial charge in [-0.15, -0.1) is 25.8 Å². The minimum absolute atomic E-state index is 0.0272. The zero-order chi connectivity index (χ0) is 58.2.